The first-order valence-corrected chi connectivity index (χ1v) is 11.4. The summed E-state index contributed by atoms with van der Waals surface area (Å²) < 4.78 is 9.03. The Morgan fingerprint density at radius 2 is 1.97 bits per heavy atom. The minimum absolute atomic E-state index is 0.128. The summed E-state index contributed by atoms with van der Waals surface area (Å²) in [7, 11) is 3.83. The predicted molar refractivity (Wildman–Crippen MR) is 128 cm³/mol. The van der Waals surface area contributed by atoms with Crippen molar-refractivity contribution in [1.29, 1.82) is 0 Å². The third-order valence-corrected chi connectivity index (χ3v) is 6.48. The van der Waals surface area contributed by atoms with Gasteiger partial charge in [-0.3, -0.25) is 9.48 Å². The summed E-state index contributed by atoms with van der Waals surface area (Å²) in [5.41, 5.74) is 4.20. The molecule has 176 valence electrons. The van der Waals surface area contributed by atoms with Gasteiger partial charge >= 0.3 is 6.09 Å². The van der Waals surface area contributed by atoms with Crippen LogP contribution in [0.4, 0.5) is 4.79 Å². The number of nitrogens with zero attached hydrogens (tertiary/aromatic N) is 4. The molecule has 3 aromatic rings. The number of nitrogens with one attached hydrogen (secondary N) is 1. The van der Waals surface area contributed by atoms with Crippen molar-refractivity contribution in [3.8, 4) is 11.1 Å². The minimum atomic E-state index is -0.626. The molecule has 1 aliphatic heterocycles. The first-order chi connectivity index (χ1) is 15.5. The SMILES string of the molecule is Cn1cc(-c2cc(Cl)c(Cl)c3c2c2c(n3C)CCN(C(=O)CNC(=O)OC(C)(C)C)C2)cn1. The minimum Gasteiger partial charge on any atom is -0.444 e. The first-order valence-electron chi connectivity index (χ1n) is 10.7. The van der Waals surface area contributed by atoms with Crippen LogP contribution in [0.2, 0.25) is 10.0 Å². The first kappa shape index (κ1) is 23.4. The van der Waals surface area contributed by atoms with Crippen molar-refractivity contribution in [3.63, 3.8) is 0 Å². The molecule has 0 aliphatic carbocycles. The molecule has 0 unspecified atom stereocenters. The number of alkyl carbamates (subject to hydrolysis) is 1. The quantitative estimate of drug-likeness (QED) is 0.592. The Labute approximate surface area is 202 Å². The van der Waals surface area contributed by atoms with E-state index in [2.05, 4.69) is 15.0 Å². The van der Waals surface area contributed by atoms with E-state index in [1.807, 2.05) is 26.4 Å². The Morgan fingerprint density at radius 3 is 2.61 bits per heavy atom. The number of carbonyl (C=O) groups is 2. The van der Waals surface area contributed by atoms with Gasteiger partial charge in [0.05, 0.1) is 21.8 Å². The molecule has 0 saturated carbocycles. The lowest BCUT2D eigenvalue weighted by Gasteiger charge is -2.28. The fourth-order valence-corrected chi connectivity index (χ4v) is 4.76. The molecular weight excluding hydrogens is 465 g/mol. The van der Waals surface area contributed by atoms with Gasteiger partial charge in [-0.1, -0.05) is 23.2 Å². The number of hydrogen-bond donors (Lipinski definition) is 1. The molecule has 0 saturated heterocycles. The van der Waals surface area contributed by atoms with E-state index in [1.165, 1.54) is 0 Å². The third kappa shape index (κ3) is 4.54. The Hall–Kier alpha value is -2.71. The summed E-state index contributed by atoms with van der Waals surface area (Å²) in [6, 6.07) is 1.86. The number of rotatable bonds is 3. The third-order valence-electron chi connectivity index (χ3n) is 5.70. The van der Waals surface area contributed by atoms with Crippen LogP contribution in [0.3, 0.4) is 0 Å². The van der Waals surface area contributed by atoms with Gasteiger partial charge in [-0.05, 0) is 32.4 Å². The van der Waals surface area contributed by atoms with E-state index in [9.17, 15) is 9.59 Å². The molecule has 1 N–H and O–H groups in total. The number of hydrogen-bond acceptors (Lipinski definition) is 4. The van der Waals surface area contributed by atoms with Gasteiger partial charge in [0.25, 0.3) is 0 Å². The van der Waals surface area contributed by atoms with Crippen LogP contribution in [0.25, 0.3) is 22.0 Å². The number of aryl methyl sites for hydroxylation is 2. The average molecular weight is 492 g/mol. The van der Waals surface area contributed by atoms with Gasteiger partial charge in [0.15, 0.2) is 0 Å². The number of amides is 2. The van der Waals surface area contributed by atoms with Crippen LogP contribution in [-0.2, 0) is 36.6 Å². The number of benzene rings is 1. The maximum absolute atomic E-state index is 12.9. The molecule has 8 nitrogen and oxygen atoms in total. The lowest BCUT2D eigenvalue weighted by atomic mass is 9.97. The van der Waals surface area contributed by atoms with Crippen molar-refractivity contribution < 1.29 is 14.3 Å². The van der Waals surface area contributed by atoms with Crippen LogP contribution in [0.1, 0.15) is 32.0 Å². The van der Waals surface area contributed by atoms with Crippen molar-refractivity contribution in [1.82, 2.24) is 24.6 Å². The molecule has 0 fully saturated rings. The molecule has 0 bridgehead atoms. The topological polar surface area (TPSA) is 81.4 Å². The van der Waals surface area contributed by atoms with E-state index < -0.39 is 11.7 Å². The Morgan fingerprint density at radius 1 is 1.24 bits per heavy atom. The zero-order valence-corrected chi connectivity index (χ0v) is 20.8. The smallest absolute Gasteiger partial charge is 0.408 e. The zero-order valence-electron chi connectivity index (χ0n) is 19.3. The second-order valence-electron chi connectivity index (χ2n) is 9.25. The van der Waals surface area contributed by atoms with E-state index in [-0.39, 0.29) is 12.5 Å². The van der Waals surface area contributed by atoms with E-state index >= 15 is 0 Å². The van der Waals surface area contributed by atoms with Crippen molar-refractivity contribution in [2.24, 2.45) is 14.1 Å². The fraction of sp³-hybridized carbons (Fsp3) is 0.435. The van der Waals surface area contributed by atoms with Gasteiger partial charge in [0.2, 0.25) is 5.91 Å². The van der Waals surface area contributed by atoms with E-state index in [4.69, 9.17) is 27.9 Å². The van der Waals surface area contributed by atoms with Crippen LogP contribution < -0.4 is 5.32 Å². The van der Waals surface area contributed by atoms with Gasteiger partial charge < -0.3 is 19.5 Å². The van der Waals surface area contributed by atoms with Crippen molar-refractivity contribution in [2.75, 3.05) is 13.1 Å². The zero-order chi connectivity index (χ0) is 24.1. The van der Waals surface area contributed by atoms with E-state index in [1.54, 1.807) is 36.5 Å². The van der Waals surface area contributed by atoms with Crippen LogP contribution in [0.5, 0.6) is 0 Å². The lowest BCUT2D eigenvalue weighted by molar-refractivity contribution is -0.131. The number of halogens is 2. The van der Waals surface area contributed by atoms with Crippen molar-refractivity contribution in [2.45, 2.75) is 39.3 Å². The highest BCUT2D eigenvalue weighted by atomic mass is 35.5. The molecule has 2 amide bonds. The van der Waals surface area contributed by atoms with Gasteiger partial charge in [-0.15, -0.1) is 0 Å². The van der Waals surface area contributed by atoms with E-state index in [0.717, 1.165) is 33.3 Å². The molecule has 1 aliphatic rings. The van der Waals surface area contributed by atoms with Crippen LogP contribution in [-0.4, -0.2) is 49.9 Å². The number of fused-ring (bicyclic) bond motifs is 3. The largest absolute Gasteiger partial charge is 0.444 e. The highest BCUT2D eigenvalue weighted by molar-refractivity contribution is 6.45. The molecule has 0 spiro atoms. The standard InChI is InChI=1S/C23H27Cl2N5O3/c1-23(2,3)33-22(32)26-10-18(31)30-7-6-17-15(12-30)19-14(13-9-27-28(4)11-13)8-16(24)20(25)21(19)29(17)5/h8-9,11H,6-7,10,12H2,1-5H3,(H,26,32). The van der Waals surface area contributed by atoms with Crippen LogP contribution in [0, 0.1) is 0 Å². The second kappa shape index (κ2) is 8.57. The molecule has 0 radical (unpaired) electrons. The Bertz CT molecular complexity index is 1260. The van der Waals surface area contributed by atoms with Crippen molar-refractivity contribution >= 4 is 46.1 Å². The molecule has 33 heavy (non-hydrogen) atoms. The summed E-state index contributed by atoms with van der Waals surface area (Å²) in [6.07, 6.45) is 3.77. The lowest BCUT2D eigenvalue weighted by Crippen LogP contribution is -2.43. The Balaban J connectivity index is 1.67. The summed E-state index contributed by atoms with van der Waals surface area (Å²) in [6.45, 7) is 6.15. The van der Waals surface area contributed by atoms with Crippen molar-refractivity contribution in [3.05, 3.63) is 39.8 Å². The van der Waals surface area contributed by atoms with Gasteiger partial charge in [0, 0.05) is 62.0 Å². The van der Waals surface area contributed by atoms with Crippen LogP contribution >= 0.6 is 23.2 Å². The monoisotopic (exact) mass is 491 g/mol. The second-order valence-corrected chi connectivity index (χ2v) is 10.0. The molecule has 10 heteroatoms. The fourth-order valence-electron chi connectivity index (χ4n) is 4.29. The maximum Gasteiger partial charge on any atom is 0.408 e. The molecule has 1 aromatic carbocycles. The van der Waals surface area contributed by atoms with Gasteiger partial charge in [-0.25, -0.2) is 4.79 Å². The normalized spacial score (nSPS) is 13.8. The summed E-state index contributed by atoms with van der Waals surface area (Å²) in [4.78, 5) is 26.6. The number of ether oxygens (including phenoxy) is 1. The van der Waals surface area contributed by atoms with Gasteiger partial charge in [0.1, 0.15) is 12.1 Å². The predicted octanol–water partition coefficient (Wildman–Crippen LogP) is 4.30. The Kier molecular flexibility index (Phi) is 6.09. The molecule has 0 atom stereocenters. The van der Waals surface area contributed by atoms with Gasteiger partial charge in [-0.2, -0.15) is 5.10 Å². The van der Waals surface area contributed by atoms with Crippen LogP contribution in [0.15, 0.2) is 18.5 Å². The van der Waals surface area contributed by atoms with E-state index in [0.29, 0.717) is 29.6 Å². The molecular formula is C23H27Cl2N5O3. The number of carbonyl (C=O) groups excluding carboxylic acids is 2. The highest BCUT2D eigenvalue weighted by Crippen LogP contribution is 2.43. The summed E-state index contributed by atoms with van der Waals surface area (Å²) in [5.74, 6) is -0.175. The summed E-state index contributed by atoms with van der Waals surface area (Å²) in [5, 5.41) is 8.77. The molecule has 3 heterocycles. The molecule has 2 aromatic heterocycles. The highest BCUT2D eigenvalue weighted by Gasteiger charge is 2.29. The summed E-state index contributed by atoms with van der Waals surface area (Å²) >= 11 is 13.1. The maximum atomic E-state index is 12.9. The molecule has 4 rings (SSSR count). The number of aromatic nitrogens is 3. The average Bonchev–Trinajstić information content (AvgIpc) is 3.29.